The highest BCUT2D eigenvalue weighted by Gasteiger charge is 2.28. The van der Waals surface area contributed by atoms with Crippen molar-refractivity contribution < 1.29 is 9.90 Å². The Morgan fingerprint density at radius 1 is 1.50 bits per heavy atom. The summed E-state index contributed by atoms with van der Waals surface area (Å²) in [6, 6.07) is 3.87. The predicted octanol–water partition coefficient (Wildman–Crippen LogP) is 4.61. The molecule has 0 saturated carbocycles. The number of carboxylic acids is 1. The van der Waals surface area contributed by atoms with Crippen LogP contribution < -0.4 is 0 Å². The van der Waals surface area contributed by atoms with Gasteiger partial charge in [0.05, 0.1) is 9.70 Å². The van der Waals surface area contributed by atoms with Crippen LogP contribution in [0.25, 0.3) is 0 Å². The van der Waals surface area contributed by atoms with Crippen LogP contribution in [-0.4, -0.2) is 11.1 Å². The lowest BCUT2D eigenvalue weighted by Crippen LogP contribution is -2.19. The summed E-state index contributed by atoms with van der Waals surface area (Å²) in [5, 5.41) is 9.24. The molecule has 2 nitrogen and oxygen atoms in total. The summed E-state index contributed by atoms with van der Waals surface area (Å²) >= 11 is 4.94. The Morgan fingerprint density at radius 3 is 2.56 bits per heavy atom. The molecule has 1 aromatic rings. The maximum absolute atomic E-state index is 11.3. The fraction of sp³-hybridized carbons (Fsp3) is 0.214. The molecule has 1 rings (SSSR count). The molecule has 0 amide bonds. The standard InChI is InChI=1S/C14H15BrO2S/c1-4-6-10(5-2)13(9(3)14(16)17)11-7-8-12(15)18-11/h4-9,13H,1-2H2,3H3,(H,16,17)/b10-6+. The second kappa shape index (κ2) is 6.71. The molecule has 2 unspecified atom stereocenters. The van der Waals surface area contributed by atoms with E-state index in [9.17, 15) is 9.90 Å². The number of hydrogen-bond acceptors (Lipinski definition) is 2. The average molecular weight is 327 g/mol. The minimum Gasteiger partial charge on any atom is -0.481 e. The summed E-state index contributed by atoms with van der Waals surface area (Å²) in [5.41, 5.74) is 0.870. The van der Waals surface area contributed by atoms with Crippen LogP contribution in [0.15, 0.2) is 52.9 Å². The average Bonchev–Trinajstić information content (AvgIpc) is 2.74. The van der Waals surface area contributed by atoms with Crippen LogP contribution in [0.1, 0.15) is 17.7 Å². The van der Waals surface area contributed by atoms with Gasteiger partial charge in [0.2, 0.25) is 0 Å². The van der Waals surface area contributed by atoms with Crippen molar-refractivity contribution in [2.45, 2.75) is 12.8 Å². The molecule has 1 aromatic heterocycles. The molecule has 0 aromatic carbocycles. The largest absolute Gasteiger partial charge is 0.481 e. The SMILES string of the molecule is C=C/C=C(\C=C)C(c1ccc(Br)s1)C(C)C(=O)O. The van der Waals surface area contributed by atoms with Crippen LogP contribution in [0.4, 0.5) is 0 Å². The zero-order valence-electron chi connectivity index (χ0n) is 10.1. The molecule has 0 saturated heterocycles. The highest BCUT2D eigenvalue weighted by molar-refractivity contribution is 9.11. The van der Waals surface area contributed by atoms with Crippen molar-refractivity contribution in [3.63, 3.8) is 0 Å². The maximum Gasteiger partial charge on any atom is 0.307 e. The van der Waals surface area contributed by atoms with Crippen molar-refractivity contribution >= 4 is 33.2 Å². The highest BCUT2D eigenvalue weighted by atomic mass is 79.9. The van der Waals surface area contributed by atoms with Gasteiger partial charge in [-0.15, -0.1) is 11.3 Å². The number of aliphatic carboxylic acids is 1. The Balaban J connectivity index is 3.25. The van der Waals surface area contributed by atoms with E-state index in [4.69, 9.17) is 0 Å². The second-order valence-electron chi connectivity index (χ2n) is 3.85. The van der Waals surface area contributed by atoms with Gasteiger partial charge in [-0.1, -0.05) is 38.3 Å². The van der Waals surface area contributed by atoms with E-state index in [0.29, 0.717) is 0 Å². The normalized spacial score (nSPS) is 14.9. The van der Waals surface area contributed by atoms with E-state index >= 15 is 0 Å². The van der Waals surface area contributed by atoms with Gasteiger partial charge in [-0.3, -0.25) is 4.79 Å². The molecular weight excluding hydrogens is 312 g/mol. The molecular formula is C14H15BrO2S. The molecule has 0 aliphatic carbocycles. The quantitative estimate of drug-likeness (QED) is 0.775. The molecule has 96 valence electrons. The Labute approximate surface area is 119 Å². The van der Waals surface area contributed by atoms with E-state index in [1.54, 1.807) is 30.4 Å². The number of allylic oxidation sites excluding steroid dienone is 4. The highest BCUT2D eigenvalue weighted by Crippen LogP contribution is 2.38. The van der Waals surface area contributed by atoms with Crippen LogP contribution in [0.3, 0.4) is 0 Å². The van der Waals surface area contributed by atoms with Crippen molar-refractivity contribution in [2.75, 3.05) is 0 Å². The first-order valence-electron chi connectivity index (χ1n) is 5.44. The molecule has 2 atom stereocenters. The first-order valence-corrected chi connectivity index (χ1v) is 7.05. The van der Waals surface area contributed by atoms with E-state index in [0.717, 1.165) is 14.2 Å². The summed E-state index contributed by atoms with van der Waals surface area (Å²) in [5.74, 6) is -1.53. The van der Waals surface area contributed by atoms with Crippen molar-refractivity contribution in [3.8, 4) is 0 Å². The Morgan fingerprint density at radius 2 is 2.17 bits per heavy atom. The van der Waals surface area contributed by atoms with E-state index in [-0.39, 0.29) is 5.92 Å². The number of rotatable bonds is 6. The molecule has 0 spiro atoms. The van der Waals surface area contributed by atoms with Crippen molar-refractivity contribution in [2.24, 2.45) is 5.92 Å². The summed E-state index contributed by atoms with van der Waals surface area (Å²) in [4.78, 5) is 12.3. The Kier molecular flexibility index (Phi) is 5.56. The van der Waals surface area contributed by atoms with Gasteiger partial charge in [-0.2, -0.15) is 0 Å². The van der Waals surface area contributed by atoms with Gasteiger partial charge < -0.3 is 5.11 Å². The Bertz CT molecular complexity index is 488. The predicted molar refractivity (Wildman–Crippen MR) is 80.0 cm³/mol. The molecule has 18 heavy (non-hydrogen) atoms. The minimum atomic E-state index is -0.818. The molecule has 1 N–H and O–H groups in total. The van der Waals surface area contributed by atoms with Gasteiger partial charge >= 0.3 is 5.97 Å². The topological polar surface area (TPSA) is 37.3 Å². The van der Waals surface area contributed by atoms with Gasteiger partial charge in [0.1, 0.15) is 0 Å². The van der Waals surface area contributed by atoms with E-state index in [2.05, 4.69) is 29.1 Å². The lowest BCUT2D eigenvalue weighted by molar-refractivity contribution is -0.141. The molecule has 1 heterocycles. The fourth-order valence-electron chi connectivity index (χ4n) is 1.77. The summed E-state index contributed by atoms with van der Waals surface area (Å²) in [6.07, 6.45) is 5.16. The molecule has 0 fully saturated rings. The molecule has 0 aliphatic heterocycles. The van der Waals surface area contributed by atoms with Gasteiger partial charge in [0.15, 0.2) is 0 Å². The Hall–Kier alpha value is -1.13. The fourth-order valence-corrected chi connectivity index (χ4v) is 3.43. The van der Waals surface area contributed by atoms with Gasteiger partial charge in [-0.05, 0) is 33.6 Å². The van der Waals surface area contributed by atoms with Crippen molar-refractivity contribution in [1.29, 1.82) is 0 Å². The first-order chi connectivity index (χ1) is 8.51. The number of carbonyl (C=O) groups is 1. The summed E-state index contributed by atoms with van der Waals surface area (Å²) < 4.78 is 0.988. The van der Waals surface area contributed by atoms with Crippen LogP contribution >= 0.6 is 27.3 Å². The zero-order valence-corrected chi connectivity index (χ0v) is 12.5. The molecule has 0 bridgehead atoms. The van der Waals surface area contributed by atoms with E-state index < -0.39 is 11.9 Å². The maximum atomic E-state index is 11.3. The van der Waals surface area contributed by atoms with Crippen LogP contribution in [0.5, 0.6) is 0 Å². The first kappa shape index (κ1) is 14.9. The molecule has 0 aliphatic rings. The third-order valence-electron chi connectivity index (χ3n) is 2.70. The van der Waals surface area contributed by atoms with Crippen LogP contribution in [0.2, 0.25) is 0 Å². The third kappa shape index (κ3) is 3.43. The van der Waals surface area contributed by atoms with E-state index in [1.807, 2.05) is 18.2 Å². The minimum absolute atomic E-state index is 0.200. The van der Waals surface area contributed by atoms with Crippen molar-refractivity contribution in [3.05, 3.63) is 57.8 Å². The zero-order chi connectivity index (χ0) is 13.7. The van der Waals surface area contributed by atoms with Gasteiger partial charge in [0, 0.05) is 10.8 Å². The number of thiophene rings is 1. The lowest BCUT2D eigenvalue weighted by atomic mass is 9.85. The number of hydrogen-bond donors (Lipinski definition) is 1. The number of halogens is 1. The second-order valence-corrected chi connectivity index (χ2v) is 6.35. The smallest absolute Gasteiger partial charge is 0.307 e. The summed E-state index contributed by atoms with van der Waals surface area (Å²) in [7, 11) is 0. The van der Waals surface area contributed by atoms with E-state index in [1.165, 1.54) is 0 Å². The molecule has 0 radical (unpaired) electrons. The van der Waals surface area contributed by atoms with Gasteiger partial charge in [-0.25, -0.2) is 0 Å². The number of carboxylic acid groups (broad SMARTS) is 1. The van der Waals surface area contributed by atoms with Gasteiger partial charge in [0.25, 0.3) is 0 Å². The molecule has 4 heteroatoms. The monoisotopic (exact) mass is 326 g/mol. The lowest BCUT2D eigenvalue weighted by Gasteiger charge is -2.21. The summed E-state index contributed by atoms with van der Waals surface area (Å²) in [6.45, 7) is 9.12. The van der Waals surface area contributed by atoms with Crippen molar-refractivity contribution in [1.82, 2.24) is 0 Å². The van der Waals surface area contributed by atoms with Crippen LogP contribution in [0, 0.1) is 5.92 Å². The van der Waals surface area contributed by atoms with Crippen LogP contribution in [-0.2, 0) is 4.79 Å². The third-order valence-corrected chi connectivity index (χ3v) is 4.40.